The number of aliphatic hydroxyl groups is 1. The number of hydrogen-bond acceptors (Lipinski definition) is 4. The van der Waals surface area contributed by atoms with Gasteiger partial charge in [0.2, 0.25) is 0 Å². The molecule has 0 radical (unpaired) electrons. The monoisotopic (exact) mass is 314 g/mol. The molecule has 0 spiro atoms. The molecule has 0 heterocycles. The van der Waals surface area contributed by atoms with E-state index in [4.69, 9.17) is 4.74 Å². The summed E-state index contributed by atoms with van der Waals surface area (Å²) in [7, 11) is 0. The van der Waals surface area contributed by atoms with Crippen LogP contribution in [0.4, 0.5) is 0 Å². The quantitative estimate of drug-likeness (QED) is 0.927. The minimum Gasteiger partial charge on any atom is -0.393 e. The molecular weight excluding hydrogens is 292 g/mol. The fraction of sp³-hybridized carbons (Fsp3) is 0.474. The van der Waals surface area contributed by atoms with E-state index in [2.05, 4.69) is 0 Å². The van der Waals surface area contributed by atoms with Crippen LogP contribution in [-0.2, 0) is 20.9 Å². The van der Waals surface area contributed by atoms with Gasteiger partial charge in [0.1, 0.15) is 0 Å². The Kier molecular flexibility index (Phi) is 4.74. The van der Waals surface area contributed by atoms with Crippen molar-refractivity contribution in [2.45, 2.75) is 45.0 Å². The Morgan fingerprint density at radius 2 is 2.00 bits per heavy atom. The zero-order valence-corrected chi connectivity index (χ0v) is 13.3. The lowest BCUT2D eigenvalue weighted by Gasteiger charge is -2.43. The Bertz CT molecular complexity index is 620. The van der Waals surface area contributed by atoms with Crippen LogP contribution in [0.1, 0.15) is 31.7 Å². The van der Waals surface area contributed by atoms with Gasteiger partial charge in [-0.15, -0.1) is 0 Å². The first-order valence-electron chi connectivity index (χ1n) is 8.15. The molecule has 2 aliphatic carbocycles. The van der Waals surface area contributed by atoms with Crippen LogP contribution >= 0.6 is 0 Å². The number of Topliss-reactive ketones (excluding diaryl/α,β-unsaturated/α-hetero) is 1. The molecule has 2 aliphatic rings. The molecule has 0 amide bonds. The van der Waals surface area contributed by atoms with Crippen molar-refractivity contribution in [3.63, 3.8) is 0 Å². The second kappa shape index (κ2) is 6.77. The van der Waals surface area contributed by atoms with Gasteiger partial charge in [-0.05, 0) is 31.4 Å². The van der Waals surface area contributed by atoms with Crippen LogP contribution in [0.3, 0.4) is 0 Å². The zero-order chi connectivity index (χ0) is 16.4. The van der Waals surface area contributed by atoms with E-state index >= 15 is 0 Å². The minimum atomic E-state index is -0.538. The predicted molar refractivity (Wildman–Crippen MR) is 85.6 cm³/mol. The molecule has 3 rings (SSSR count). The molecule has 0 aromatic heterocycles. The van der Waals surface area contributed by atoms with Crippen LogP contribution in [0, 0.1) is 11.8 Å². The number of rotatable bonds is 4. The van der Waals surface area contributed by atoms with Gasteiger partial charge in [-0.1, -0.05) is 30.3 Å². The van der Waals surface area contributed by atoms with Crippen LogP contribution in [0.15, 0.2) is 42.0 Å². The molecule has 0 bridgehead atoms. The highest BCUT2D eigenvalue weighted by Gasteiger charge is 2.45. The van der Waals surface area contributed by atoms with Crippen molar-refractivity contribution in [3.8, 4) is 0 Å². The maximum atomic E-state index is 12.0. The second-order valence-electron chi connectivity index (χ2n) is 6.50. The highest BCUT2D eigenvalue weighted by molar-refractivity contribution is 6.03. The van der Waals surface area contributed by atoms with Gasteiger partial charge in [0.25, 0.3) is 0 Å². The molecule has 0 aliphatic heterocycles. The van der Waals surface area contributed by atoms with Gasteiger partial charge in [-0.2, -0.15) is 0 Å². The SMILES string of the molecule is CC(=O)C1=CC(=O)C[C@@H]2[C@H]1[C@H](OCc1ccccc1)CC[C@@H]2O. The van der Waals surface area contributed by atoms with Gasteiger partial charge < -0.3 is 9.84 Å². The molecule has 0 saturated heterocycles. The Morgan fingerprint density at radius 1 is 1.26 bits per heavy atom. The minimum absolute atomic E-state index is 0.0702. The van der Waals surface area contributed by atoms with Gasteiger partial charge >= 0.3 is 0 Å². The summed E-state index contributed by atoms with van der Waals surface area (Å²) in [5.41, 5.74) is 1.60. The topological polar surface area (TPSA) is 63.6 Å². The fourth-order valence-corrected chi connectivity index (χ4v) is 3.80. The lowest BCUT2D eigenvalue weighted by Crippen LogP contribution is -2.46. The molecule has 1 fully saturated rings. The highest BCUT2D eigenvalue weighted by Crippen LogP contribution is 2.42. The number of ether oxygens (including phenoxy) is 1. The van der Waals surface area contributed by atoms with Crippen molar-refractivity contribution >= 4 is 11.6 Å². The van der Waals surface area contributed by atoms with Crippen molar-refractivity contribution in [1.29, 1.82) is 0 Å². The van der Waals surface area contributed by atoms with Gasteiger partial charge in [-0.25, -0.2) is 0 Å². The molecule has 0 unspecified atom stereocenters. The Balaban J connectivity index is 1.81. The zero-order valence-electron chi connectivity index (χ0n) is 13.3. The van der Waals surface area contributed by atoms with Crippen molar-refractivity contribution in [2.24, 2.45) is 11.8 Å². The third-order valence-corrected chi connectivity index (χ3v) is 4.93. The first kappa shape index (κ1) is 16.1. The van der Waals surface area contributed by atoms with Crippen LogP contribution in [-0.4, -0.2) is 28.9 Å². The van der Waals surface area contributed by atoms with E-state index in [1.807, 2.05) is 30.3 Å². The summed E-state index contributed by atoms with van der Waals surface area (Å²) in [5, 5.41) is 10.3. The third kappa shape index (κ3) is 3.43. The van der Waals surface area contributed by atoms with Gasteiger partial charge in [-0.3, -0.25) is 9.59 Å². The summed E-state index contributed by atoms with van der Waals surface area (Å²) in [6.45, 7) is 1.96. The van der Waals surface area contributed by atoms with E-state index in [1.165, 1.54) is 13.0 Å². The van der Waals surface area contributed by atoms with Gasteiger partial charge in [0.15, 0.2) is 11.6 Å². The number of benzene rings is 1. The maximum Gasteiger partial charge on any atom is 0.156 e. The average Bonchev–Trinajstić information content (AvgIpc) is 2.55. The number of carbonyl (C=O) groups is 2. The standard InChI is InChI=1S/C19H22O4/c1-12(20)15-9-14(21)10-16-17(22)7-8-18(19(15)16)23-11-13-5-3-2-4-6-13/h2-6,9,16-19,22H,7-8,10-11H2,1H3/t16-,17-,18+,19-/m0/s1. The Morgan fingerprint density at radius 3 is 2.70 bits per heavy atom. The summed E-state index contributed by atoms with van der Waals surface area (Å²) in [4.78, 5) is 23.9. The average molecular weight is 314 g/mol. The van der Waals surface area contributed by atoms with Crippen LogP contribution in [0.5, 0.6) is 0 Å². The van der Waals surface area contributed by atoms with Crippen LogP contribution in [0.2, 0.25) is 0 Å². The highest BCUT2D eigenvalue weighted by atomic mass is 16.5. The number of allylic oxidation sites excluding steroid dienone is 1. The van der Waals surface area contributed by atoms with E-state index in [0.717, 1.165) is 5.56 Å². The third-order valence-electron chi connectivity index (χ3n) is 4.93. The number of aliphatic hydroxyl groups excluding tert-OH is 1. The first-order chi connectivity index (χ1) is 11.1. The Labute approximate surface area is 136 Å². The molecule has 4 atom stereocenters. The van der Waals surface area contributed by atoms with E-state index in [0.29, 0.717) is 31.4 Å². The molecule has 4 heteroatoms. The summed E-state index contributed by atoms with van der Waals surface area (Å²) in [6.07, 6.45) is 2.40. The Hall–Kier alpha value is -1.78. The number of hydrogen-bond donors (Lipinski definition) is 1. The van der Waals surface area contributed by atoms with Crippen molar-refractivity contribution in [1.82, 2.24) is 0 Å². The van der Waals surface area contributed by atoms with E-state index < -0.39 is 6.10 Å². The second-order valence-corrected chi connectivity index (χ2v) is 6.50. The number of fused-ring (bicyclic) bond motifs is 1. The predicted octanol–water partition coefficient (Wildman–Crippen LogP) is 2.45. The largest absolute Gasteiger partial charge is 0.393 e. The number of ketones is 2. The maximum absolute atomic E-state index is 12.0. The van der Waals surface area contributed by atoms with E-state index in [1.54, 1.807) is 0 Å². The van der Waals surface area contributed by atoms with Gasteiger partial charge in [0.05, 0.1) is 18.8 Å². The van der Waals surface area contributed by atoms with Gasteiger partial charge in [0, 0.05) is 23.8 Å². The molecule has 4 nitrogen and oxygen atoms in total. The summed E-state index contributed by atoms with van der Waals surface area (Å²) in [5.74, 6) is -0.562. The summed E-state index contributed by atoms with van der Waals surface area (Å²) < 4.78 is 6.09. The van der Waals surface area contributed by atoms with Crippen LogP contribution in [0.25, 0.3) is 0 Å². The summed E-state index contributed by atoms with van der Waals surface area (Å²) >= 11 is 0. The number of carbonyl (C=O) groups excluding carboxylic acids is 2. The smallest absolute Gasteiger partial charge is 0.156 e. The van der Waals surface area contributed by atoms with Crippen molar-refractivity contribution in [2.75, 3.05) is 0 Å². The summed E-state index contributed by atoms with van der Waals surface area (Å²) in [6, 6.07) is 9.89. The molecular formula is C19H22O4. The van der Waals surface area contributed by atoms with Crippen LogP contribution < -0.4 is 0 Å². The molecule has 1 aromatic carbocycles. The molecule has 1 N–H and O–H groups in total. The van der Waals surface area contributed by atoms with Crippen molar-refractivity contribution in [3.05, 3.63) is 47.5 Å². The van der Waals surface area contributed by atoms with E-state index in [-0.39, 0.29) is 29.5 Å². The molecule has 122 valence electrons. The van der Waals surface area contributed by atoms with E-state index in [9.17, 15) is 14.7 Å². The fourth-order valence-electron chi connectivity index (χ4n) is 3.80. The van der Waals surface area contributed by atoms with Crippen molar-refractivity contribution < 1.29 is 19.4 Å². The molecule has 23 heavy (non-hydrogen) atoms. The first-order valence-corrected chi connectivity index (χ1v) is 8.15. The lowest BCUT2D eigenvalue weighted by atomic mass is 9.66. The normalized spacial score (nSPS) is 30.5. The molecule has 1 saturated carbocycles. The lowest BCUT2D eigenvalue weighted by molar-refractivity contribution is -0.127. The molecule has 1 aromatic rings.